The predicted octanol–water partition coefficient (Wildman–Crippen LogP) is 3.45. The van der Waals surface area contributed by atoms with E-state index in [9.17, 15) is 9.59 Å². The molecule has 168 valence electrons. The molecule has 0 saturated carbocycles. The van der Waals surface area contributed by atoms with E-state index in [1.165, 1.54) is 4.90 Å². The largest absolute Gasteiger partial charge is 0.496 e. The quantitative estimate of drug-likeness (QED) is 0.446. The first-order valence-electron chi connectivity index (χ1n) is 10.7. The van der Waals surface area contributed by atoms with E-state index in [1.54, 1.807) is 12.0 Å². The molecule has 0 bridgehead atoms. The molecule has 1 unspecified atom stereocenters. The highest BCUT2D eigenvalue weighted by Gasteiger charge is 2.46. The van der Waals surface area contributed by atoms with Crippen molar-refractivity contribution in [2.45, 2.75) is 31.7 Å². The number of carbonyl (C=O) groups is 2. The molecule has 31 heavy (non-hydrogen) atoms. The van der Waals surface area contributed by atoms with E-state index in [4.69, 9.17) is 9.47 Å². The third-order valence-electron chi connectivity index (χ3n) is 5.87. The Labute approximate surface area is 189 Å². The van der Waals surface area contributed by atoms with E-state index in [-0.39, 0.29) is 30.4 Å². The number of fused-ring (bicyclic) bond motifs is 2. The molecule has 2 aromatic rings. The maximum absolute atomic E-state index is 12.3. The number of nitrogens with one attached hydrogen (secondary N) is 1. The minimum Gasteiger partial charge on any atom is -0.496 e. The molecule has 2 aliphatic heterocycles. The van der Waals surface area contributed by atoms with Gasteiger partial charge in [-0.25, -0.2) is 4.79 Å². The number of unbranched alkanes of at least 4 members (excludes halogenated alkanes) is 1. The van der Waals surface area contributed by atoms with Crippen molar-refractivity contribution < 1.29 is 19.1 Å². The molecule has 2 aromatic carbocycles. The summed E-state index contributed by atoms with van der Waals surface area (Å²) in [6.07, 6.45) is 3.47. The number of rotatable bonds is 10. The van der Waals surface area contributed by atoms with Crippen LogP contribution in [0.25, 0.3) is 10.8 Å². The number of urea groups is 1. The summed E-state index contributed by atoms with van der Waals surface area (Å²) in [4.78, 5) is 27.7. The second-order valence-electron chi connectivity index (χ2n) is 7.74. The maximum atomic E-state index is 12.3. The number of benzene rings is 2. The number of imide groups is 1. The average molecular weight is 448 g/mol. The lowest BCUT2D eigenvalue weighted by atomic mass is 10.1. The first-order valence-corrected chi connectivity index (χ1v) is 10.7. The van der Waals surface area contributed by atoms with E-state index in [1.807, 2.05) is 36.4 Å². The Morgan fingerprint density at radius 1 is 1.03 bits per heavy atom. The zero-order valence-corrected chi connectivity index (χ0v) is 18.7. The van der Waals surface area contributed by atoms with Crippen LogP contribution in [0.2, 0.25) is 0 Å². The molecule has 0 aromatic heterocycles. The van der Waals surface area contributed by atoms with Gasteiger partial charge in [0.2, 0.25) is 0 Å². The van der Waals surface area contributed by atoms with Gasteiger partial charge in [-0.2, -0.15) is 0 Å². The van der Waals surface area contributed by atoms with Crippen LogP contribution >= 0.6 is 12.4 Å². The highest BCUT2D eigenvalue weighted by Crippen LogP contribution is 2.32. The van der Waals surface area contributed by atoms with Gasteiger partial charge in [-0.15, -0.1) is 12.4 Å². The number of nitrogens with zero attached hydrogens (tertiary/aromatic N) is 2. The lowest BCUT2D eigenvalue weighted by Crippen LogP contribution is -2.34. The van der Waals surface area contributed by atoms with Gasteiger partial charge in [0.05, 0.1) is 7.11 Å². The van der Waals surface area contributed by atoms with E-state index in [0.717, 1.165) is 67.6 Å². The molecule has 8 heteroatoms. The lowest BCUT2D eigenvalue weighted by molar-refractivity contribution is -0.128. The fraction of sp³-hybridized carbons (Fsp3) is 0.478. The van der Waals surface area contributed by atoms with Gasteiger partial charge in [-0.05, 0) is 44.4 Å². The molecule has 2 aliphatic rings. The Hall–Kier alpha value is -2.51. The van der Waals surface area contributed by atoms with Crippen molar-refractivity contribution >= 4 is 35.1 Å². The van der Waals surface area contributed by atoms with Crippen molar-refractivity contribution in [2.75, 3.05) is 39.9 Å². The van der Waals surface area contributed by atoms with Crippen LogP contribution in [0.3, 0.4) is 0 Å². The summed E-state index contributed by atoms with van der Waals surface area (Å²) >= 11 is 0. The molecule has 3 amide bonds. The van der Waals surface area contributed by atoms with Crippen LogP contribution in [0, 0.1) is 0 Å². The van der Waals surface area contributed by atoms with Crippen molar-refractivity contribution in [3.8, 4) is 11.5 Å². The molecular formula is C23H30ClN3O4. The SMILES string of the molecule is COc1ccc(OCCNCCCCN2C(=O)C3CCCN3C2=O)c2ccccc12.Cl. The second kappa shape index (κ2) is 10.7. The van der Waals surface area contributed by atoms with Gasteiger partial charge in [-0.3, -0.25) is 9.69 Å². The Morgan fingerprint density at radius 3 is 2.52 bits per heavy atom. The number of amides is 3. The van der Waals surface area contributed by atoms with Crippen LogP contribution in [0.15, 0.2) is 36.4 Å². The van der Waals surface area contributed by atoms with Crippen LogP contribution in [-0.2, 0) is 4.79 Å². The Bertz CT molecular complexity index is 901. The summed E-state index contributed by atoms with van der Waals surface area (Å²) in [7, 11) is 1.67. The monoisotopic (exact) mass is 447 g/mol. The second-order valence-corrected chi connectivity index (χ2v) is 7.74. The fourth-order valence-corrected chi connectivity index (χ4v) is 4.31. The summed E-state index contributed by atoms with van der Waals surface area (Å²) in [5.41, 5.74) is 0. The summed E-state index contributed by atoms with van der Waals surface area (Å²) < 4.78 is 11.4. The van der Waals surface area contributed by atoms with Gasteiger partial charge >= 0.3 is 6.03 Å². The third kappa shape index (κ3) is 4.88. The number of methoxy groups -OCH3 is 1. The molecule has 1 N–H and O–H groups in total. The zero-order chi connectivity index (χ0) is 20.9. The molecule has 0 radical (unpaired) electrons. The van der Waals surface area contributed by atoms with Crippen molar-refractivity contribution in [3.63, 3.8) is 0 Å². The number of carbonyl (C=O) groups excluding carboxylic acids is 2. The van der Waals surface area contributed by atoms with Crippen LogP contribution in [-0.4, -0.2) is 67.7 Å². The van der Waals surface area contributed by atoms with Crippen molar-refractivity contribution in [3.05, 3.63) is 36.4 Å². The van der Waals surface area contributed by atoms with E-state index >= 15 is 0 Å². The Morgan fingerprint density at radius 2 is 1.77 bits per heavy atom. The summed E-state index contributed by atoms with van der Waals surface area (Å²) in [5, 5.41) is 5.44. The van der Waals surface area contributed by atoms with Crippen molar-refractivity contribution in [2.24, 2.45) is 0 Å². The van der Waals surface area contributed by atoms with E-state index in [0.29, 0.717) is 13.2 Å². The molecule has 7 nitrogen and oxygen atoms in total. The van der Waals surface area contributed by atoms with Gasteiger partial charge in [0.15, 0.2) is 0 Å². The molecule has 1 atom stereocenters. The maximum Gasteiger partial charge on any atom is 0.327 e. The predicted molar refractivity (Wildman–Crippen MR) is 122 cm³/mol. The Balaban J connectivity index is 0.00000272. The van der Waals surface area contributed by atoms with E-state index in [2.05, 4.69) is 5.32 Å². The molecule has 2 heterocycles. The van der Waals surface area contributed by atoms with Crippen LogP contribution in [0.4, 0.5) is 4.79 Å². The van der Waals surface area contributed by atoms with Gasteiger partial charge in [0, 0.05) is 30.4 Å². The number of halogens is 1. The zero-order valence-electron chi connectivity index (χ0n) is 17.8. The highest BCUT2D eigenvalue weighted by atomic mass is 35.5. The lowest BCUT2D eigenvalue weighted by Gasteiger charge is -2.15. The Kier molecular flexibility index (Phi) is 7.98. The smallest absolute Gasteiger partial charge is 0.327 e. The number of ether oxygens (including phenoxy) is 2. The van der Waals surface area contributed by atoms with Crippen LogP contribution in [0.5, 0.6) is 11.5 Å². The van der Waals surface area contributed by atoms with Crippen LogP contribution < -0.4 is 14.8 Å². The van der Waals surface area contributed by atoms with Crippen molar-refractivity contribution in [1.29, 1.82) is 0 Å². The molecular weight excluding hydrogens is 418 g/mol. The molecule has 0 aliphatic carbocycles. The van der Waals surface area contributed by atoms with Crippen LogP contribution in [0.1, 0.15) is 25.7 Å². The van der Waals surface area contributed by atoms with E-state index < -0.39 is 0 Å². The topological polar surface area (TPSA) is 71.1 Å². The van der Waals surface area contributed by atoms with Crippen molar-refractivity contribution in [1.82, 2.24) is 15.1 Å². The minimum atomic E-state index is -0.193. The number of hydrogen-bond acceptors (Lipinski definition) is 5. The summed E-state index contributed by atoms with van der Waals surface area (Å²) in [6, 6.07) is 11.6. The van der Waals surface area contributed by atoms with Gasteiger partial charge in [0.1, 0.15) is 24.1 Å². The van der Waals surface area contributed by atoms with Gasteiger partial charge in [-0.1, -0.05) is 24.3 Å². The molecule has 0 spiro atoms. The molecule has 2 saturated heterocycles. The highest BCUT2D eigenvalue weighted by molar-refractivity contribution is 6.04. The summed E-state index contributed by atoms with van der Waals surface area (Å²) in [6.45, 7) is 3.36. The molecule has 2 fully saturated rings. The minimum absolute atomic E-state index is 0. The first kappa shape index (κ1) is 23.2. The van der Waals surface area contributed by atoms with Gasteiger partial charge in [0.25, 0.3) is 5.91 Å². The first-order chi connectivity index (χ1) is 14.7. The molecule has 4 rings (SSSR count). The number of hydrogen-bond donors (Lipinski definition) is 1. The van der Waals surface area contributed by atoms with Gasteiger partial charge < -0.3 is 19.7 Å². The fourth-order valence-electron chi connectivity index (χ4n) is 4.31. The normalized spacial score (nSPS) is 17.8. The summed E-state index contributed by atoms with van der Waals surface area (Å²) in [5.74, 6) is 1.68. The average Bonchev–Trinajstić information content (AvgIpc) is 3.34. The third-order valence-corrected chi connectivity index (χ3v) is 5.87. The standard InChI is InChI=1S/C23H29N3O4.ClH/c1-29-20-10-11-21(18-8-3-2-7-17(18)20)30-16-13-24-12-4-5-14-26-22(27)19-9-6-15-25(19)23(26)28;/h2-3,7-8,10-11,19,24H,4-6,9,12-16H2,1H3;1H.